The highest BCUT2D eigenvalue weighted by atomic mass is 35.5. The van der Waals surface area contributed by atoms with Gasteiger partial charge in [-0.25, -0.2) is 4.98 Å². The van der Waals surface area contributed by atoms with Gasteiger partial charge in [0.2, 0.25) is 5.95 Å². The molecular weight excluding hydrogens is 508 g/mol. The van der Waals surface area contributed by atoms with E-state index in [0.717, 1.165) is 34.7 Å². The van der Waals surface area contributed by atoms with Crippen LogP contribution in [0.1, 0.15) is 59.0 Å². The first-order valence-corrected chi connectivity index (χ1v) is 13.5. The summed E-state index contributed by atoms with van der Waals surface area (Å²) in [5.41, 5.74) is 2.93. The monoisotopic (exact) mass is 528 g/mol. The molecule has 1 spiro atoms. The molecule has 0 radical (unpaired) electrons. The second kappa shape index (κ2) is 8.50. The van der Waals surface area contributed by atoms with Gasteiger partial charge in [0.15, 0.2) is 17.1 Å². The molecule has 5 heterocycles. The van der Waals surface area contributed by atoms with Crippen molar-refractivity contribution in [3.05, 3.63) is 58.3 Å². The van der Waals surface area contributed by atoms with Gasteiger partial charge in [-0.3, -0.25) is 19.9 Å². The third-order valence-corrected chi connectivity index (χ3v) is 9.22. The molecule has 2 fully saturated rings. The molecule has 0 unspecified atom stereocenters. The van der Waals surface area contributed by atoms with Crippen LogP contribution in [0.4, 0.5) is 5.95 Å². The number of nitriles is 1. The number of ketones is 1. The van der Waals surface area contributed by atoms with Crippen molar-refractivity contribution in [1.29, 1.82) is 5.26 Å². The summed E-state index contributed by atoms with van der Waals surface area (Å²) < 4.78 is 0. The number of hydrogen-bond donors (Lipinski definition) is 1. The Labute approximate surface area is 221 Å². The number of piperidine rings is 1. The molecule has 1 aliphatic heterocycles. The number of fused-ring (bicyclic) bond motifs is 2. The zero-order valence-corrected chi connectivity index (χ0v) is 21.3. The van der Waals surface area contributed by atoms with Gasteiger partial charge in [-0.1, -0.05) is 23.4 Å². The lowest BCUT2D eigenvalue weighted by Gasteiger charge is -2.38. The summed E-state index contributed by atoms with van der Waals surface area (Å²) in [5, 5.41) is 19.2. The summed E-state index contributed by atoms with van der Waals surface area (Å²) in [6, 6.07) is 7.79. The molecule has 11 heteroatoms. The summed E-state index contributed by atoms with van der Waals surface area (Å²) in [6.45, 7) is 1.25. The summed E-state index contributed by atoms with van der Waals surface area (Å²) in [5.74, 6) is 1.09. The number of nitrogens with one attached hydrogen (secondary N) is 1. The lowest BCUT2D eigenvalue weighted by molar-refractivity contribution is 0.0774. The van der Waals surface area contributed by atoms with Gasteiger partial charge >= 0.3 is 0 Å². The van der Waals surface area contributed by atoms with Crippen molar-refractivity contribution in [1.82, 2.24) is 30.1 Å². The molecule has 1 saturated heterocycles. The Morgan fingerprint density at radius 1 is 1.16 bits per heavy atom. The zero-order chi connectivity index (χ0) is 25.1. The fourth-order valence-corrected chi connectivity index (χ4v) is 6.76. The standard InChI is InChI=1S/C26H21ClN8OS/c27-20-18(5-9-30-21(20)14-3-4-14)37-24-19-17(13-28)31-25(32-23(19)33-34-24)35-10-6-26(7-11-35)12-16-15(22(26)36)2-1-8-29-16/h1-2,5,8-9,14H,3-4,6-7,10-12H2,(H,31,32,33,34). The topological polar surface area (TPSA) is 124 Å². The smallest absolute Gasteiger partial charge is 0.228 e. The van der Waals surface area contributed by atoms with Gasteiger partial charge in [0.25, 0.3) is 0 Å². The number of pyridine rings is 2. The summed E-state index contributed by atoms with van der Waals surface area (Å²) in [7, 11) is 0. The Kier molecular flexibility index (Phi) is 5.20. The van der Waals surface area contributed by atoms with Gasteiger partial charge in [0, 0.05) is 53.7 Å². The number of nitrogens with zero attached hydrogens (tertiary/aromatic N) is 7. The van der Waals surface area contributed by atoms with Crippen molar-refractivity contribution in [3.8, 4) is 6.07 Å². The zero-order valence-electron chi connectivity index (χ0n) is 19.7. The molecule has 3 aliphatic rings. The van der Waals surface area contributed by atoms with Crippen molar-refractivity contribution in [2.75, 3.05) is 18.0 Å². The molecule has 0 amide bonds. The Morgan fingerprint density at radius 2 is 2.00 bits per heavy atom. The molecule has 7 rings (SSSR count). The molecular formula is C26H21ClN8OS. The third-order valence-electron chi connectivity index (χ3n) is 7.66. The Bertz CT molecular complexity index is 1620. The van der Waals surface area contributed by atoms with Crippen LogP contribution in [-0.2, 0) is 6.42 Å². The Balaban J connectivity index is 1.15. The number of aromatic nitrogens is 6. The van der Waals surface area contributed by atoms with Gasteiger partial charge < -0.3 is 4.90 Å². The minimum atomic E-state index is -0.406. The lowest BCUT2D eigenvalue weighted by Crippen LogP contribution is -2.44. The van der Waals surface area contributed by atoms with Crippen molar-refractivity contribution in [3.63, 3.8) is 0 Å². The van der Waals surface area contributed by atoms with Gasteiger partial charge in [0.1, 0.15) is 11.1 Å². The second-order valence-corrected chi connectivity index (χ2v) is 11.3. The predicted octanol–water partition coefficient (Wildman–Crippen LogP) is 4.72. The molecule has 4 aromatic rings. The fraction of sp³-hybridized carbons (Fsp3) is 0.346. The molecule has 1 N–H and O–H groups in total. The average Bonchev–Trinajstić information content (AvgIpc) is 3.64. The number of anilines is 1. The van der Waals surface area contributed by atoms with E-state index in [0.29, 0.717) is 65.3 Å². The molecule has 2 aliphatic carbocycles. The number of aromatic amines is 1. The third kappa shape index (κ3) is 3.68. The van der Waals surface area contributed by atoms with Gasteiger partial charge in [0.05, 0.1) is 21.8 Å². The van der Waals surface area contributed by atoms with Crippen molar-refractivity contribution >= 4 is 46.1 Å². The number of Topliss-reactive ketones (excluding diaryl/α,β-unsaturated/α-hetero) is 1. The van der Waals surface area contributed by atoms with E-state index < -0.39 is 5.41 Å². The van der Waals surface area contributed by atoms with Gasteiger partial charge in [-0.05, 0) is 43.9 Å². The highest BCUT2D eigenvalue weighted by Crippen LogP contribution is 2.46. The Morgan fingerprint density at radius 3 is 2.76 bits per heavy atom. The minimum Gasteiger partial charge on any atom is -0.341 e. The van der Waals surface area contributed by atoms with Crippen LogP contribution in [0.5, 0.6) is 0 Å². The van der Waals surface area contributed by atoms with Gasteiger partial charge in [-0.2, -0.15) is 15.3 Å². The number of hydrogen-bond acceptors (Lipinski definition) is 9. The lowest BCUT2D eigenvalue weighted by atomic mass is 9.75. The summed E-state index contributed by atoms with van der Waals surface area (Å²) in [4.78, 5) is 34.3. The molecule has 0 bridgehead atoms. The first kappa shape index (κ1) is 22.6. The van der Waals surface area contributed by atoms with E-state index >= 15 is 0 Å². The minimum absolute atomic E-state index is 0.194. The molecule has 4 aromatic heterocycles. The number of rotatable bonds is 4. The summed E-state index contributed by atoms with van der Waals surface area (Å²) >= 11 is 8.04. The molecule has 0 aromatic carbocycles. The van der Waals surface area contributed by atoms with Crippen molar-refractivity contribution < 1.29 is 4.79 Å². The first-order chi connectivity index (χ1) is 18.1. The van der Waals surface area contributed by atoms with E-state index in [2.05, 4.69) is 31.2 Å². The maximum absolute atomic E-state index is 13.2. The molecule has 1 saturated carbocycles. The average molecular weight is 529 g/mol. The normalized spacial score (nSPS) is 18.4. The SMILES string of the molecule is N#Cc1nc(N2CCC3(CC2)Cc2ncccc2C3=O)nc2[nH]nc(Sc3ccnc(C4CC4)c3Cl)c12. The van der Waals surface area contributed by atoms with Crippen LogP contribution in [0.25, 0.3) is 11.0 Å². The van der Waals surface area contributed by atoms with Crippen LogP contribution in [-0.4, -0.2) is 49.0 Å². The van der Waals surface area contributed by atoms with E-state index in [-0.39, 0.29) is 11.5 Å². The van der Waals surface area contributed by atoms with Crippen LogP contribution in [0.3, 0.4) is 0 Å². The molecule has 0 atom stereocenters. The fourth-order valence-electron chi connectivity index (χ4n) is 5.46. The van der Waals surface area contributed by atoms with E-state index in [1.807, 2.05) is 23.1 Å². The predicted molar refractivity (Wildman–Crippen MR) is 138 cm³/mol. The highest BCUT2D eigenvalue weighted by Gasteiger charge is 2.48. The molecule has 184 valence electrons. The van der Waals surface area contributed by atoms with E-state index in [1.165, 1.54) is 11.8 Å². The Hall–Kier alpha value is -3.55. The van der Waals surface area contributed by atoms with Crippen LogP contribution in [0, 0.1) is 16.7 Å². The molecule has 9 nitrogen and oxygen atoms in total. The van der Waals surface area contributed by atoms with Crippen molar-refractivity contribution in [2.45, 2.75) is 47.9 Å². The highest BCUT2D eigenvalue weighted by molar-refractivity contribution is 7.99. The van der Waals surface area contributed by atoms with Gasteiger partial charge in [-0.15, -0.1) is 0 Å². The number of halogens is 1. The van der Waals surface area contributed by atoms with Crippen LogP contribution < -0.4 is 4.90 Å². The second-order valence-electron chi connectivity index (χ2n) is 9.89. The summed E-state index contributed by atoms with van der Waals surface area (Å²) in [6.07, 6.45) is 7.80. The quantitative estimate of drug-likeness (QED) is 0.400. The number of H-pyrrole nitrogens is 1. The van der Waals surface area contributed by atoms with Crippen LogP contribution >= 0.6 is 23.4 Å². The maximum atomic E-state index is 13.2. The van der Waals surface area contributed by atoms with E-state index in [4.69, 9.17) is 16.6 Å². The van der Waals surface area contributed by atoms with E-state index in [1.54, 1.807) is 12.4 Å². The number of carbonyl (C=O) groups excluding carboxylic acids is 1. The largest absolute Gasteiger partial charge is 0.341 e. The maximum Gasteiger partial charge on any atom is 0.228 e. The number of carbonyl (C=O) groups is 1. The molecule has 37 heavy (non-hydrogen) atoms. The van der Waals surface area contributed by atoms with Crippen LogP contribution in [0.15, 0.2) is 40.5 Å². The van der Waals surface area contributed by atoms with Crippen LogP contribution in [0.2, 0.25) is 5.02 Å². The first-order valence-electron chi connectivity index (χ1n) is 12.3. The van der Waals surface area contributed by atoms with E-state index in [9.17, 15) is 10.1 Å². The van der Waals surface area contributed by atoms with Crippen molar-refractivity contribution in [2.24, 2.45) is 5.41 Å².